The molecule has 1 fully saturated rings. The van der Waals surface area contributed by atoms with Crippen LogP contribution in [0, 0.1) is 0 Å². The lowest BCUT2D eigenvalue weighted by Crippen LogP contribution is -2.42. The Bertz CT molecular complexity index is 340. The minimum atomic E-state index is 0.337. The van der Waals surface area contributed by atoms with E-state index in [1.165, 1.54) is 12.0 Å². The summed E-state index contributed by atoms with van der Waals surface area (Å²) in [6.45, 7) is 3.08. The lowest BCUT2D eigenvalue weighted by Gasteiger charge is -2.30. The topological polar surface area (TPSA) is 38.5 Å². The van der Waals surface area contributed by atoms with Gasteiger partial charge in [-0.25, -0.2) is 0 Å². The van der Waals surface area contributed by atoms with Gasteiger partial charge in [-0.15, -0.1) is 0 Å². The van der Waals surface area contributed by atoms with E-state index in [-0.39, 0.29) is 0 Å². The van der Waals surface area contributed by atoms with E-state index in [9.17, 15) is 0 Å². The van der Waals surface area contributed by atoms with Crippen LogP contribution in [0.15, 0.2) is 24.3 Å². The predicted octanol–water partition coefficient (Wildman–Crippen LogP) is 1.62. The number of ether oxygens (including phenoxy) is 1. The number of para-hydroxylation sites is 1. The lowest BCUT2D eigenvalue weighted by atomic mass is 10.1. The molecule has 1 aliphatic rings. The molecule has 1 aliphatic heterocycles. The zero-order valence-electron chi connectivity index (χ0n) is 9.86. The summed E-state index contributed by atoms with van der Waals surface area (Å²) in [5.74, 6) is 0.974. The van der Waals surface area contributed by atoms with Crippen LogP contribution in [-0.2, 0) is 6.54 Å². The Morgan fingerprint density at radius 1 is 1.44 bits per heavy atom. The van der Waals surface area contributed by atoms with Crippen LogP contribution in [0.3, 0.4) is 0 Å². The first-order valence-corrected chi connectivity index (χ1v) is 5.89. The second-order valence-electron chi connectivity index (χ2n) is 4.45. The third-order valence-corrected chi connectivity index (χ3v) is 3.13. The van der Waals surface area contributed by atoms with Crippen molar-refractivity contribution in [3.05, 3.63) is 29.8 Å². The van der Waals surface area contributed by atoms with Crippen LogP contribution in [0.5, 0.6) is 5.75 Å². The molecule has 0 saturated carbocycles. The Morgan fingerprint density at radius 3 is 3.00 bits per heavy atom. The minimum absolute atomic E-state index is 0.337. The second kappa shape index (κ2) is 5.32. The molecule has 0 bridgehead atoms. The van der Waals surface area contributed by atoms with E-state index in [1.807, 2.05) is 12.1 Å². The number of methoxy groups -OCH3 is 1. The summed E-state index contributed by atoms with van der Waals surface area (Å²) in [6.07, 6.45) is 2.36. The van der Waals surface area contributed by atoms with Gasteiger partial charge in [-0.2, -0.15) is 0 Å². The minimum Gasteiger partial charge on any atom is -0.496 e. The summed E-state index contributed by atoms with van der Waals surface area (Å²) < 4.78 is 5.36. The first kappa shape index (κ1) is 11.4. The highest BCUT2D eigenvalue weighted by Crippen LogP contribution is 2.20. The summed E-state index contributed by atoms with van der Waals surface area (Å²) in [7, 11) is 1.72. The molecule has 0 aromatic heterocycles. The van der Waals surface area contributed by atoms with Crippen molar-refractivity contribution < 1.29 is 4.74 Å². The van der Waals surface area contributed by atoms with Crippen molar-refractivity contribution in [1.82, 2.24) is 4.90 Å². The van der Waals surface area contributed by atoms with E-state index in [1.54, 1.807) is 7.11 Å². The number of hydrogen-bond donors (Lipinski definition) is 1. The van der Waals surface area contributed by atoms with E-state index >= 15 is 0 Å². The summed E-state index contributed by atoms with van der Waals surface area (Å²) >= 11 is 0. The van der Waals surface area contributed by atoms with Crippen molar-refractivity contribution in [1.29, 1.82) is 0 Å². The molecule has 0 aliphatic carbocycles. The molecular weight excluding hydrogens is 200 g/mol. The third kappa shape index (κ3) is 2.74. The van der Waals surface area contributed by atoms with Crippen molar-refractivity contribution in [3.63, 3.8) is 0 Å². The van der Waals surface area contributed by atoms with Crippen molar-refractivity contribution in [2.75, 3.05) is 20.2 Å². The number of piperidine rings is 1. The van der Waals surface area contributed by atoms with Gasteiger partial charge < -0.3 is 10.5 Å². The van der Waals surface area contributed by atoms with Gasteiger partial charge in [0.05, 0.1) is 7.11 Å². The Balaban J connectivity index is 2.02. The van der Waals surface area contributed by atoms with Crippen LogP contribution in [0.2, 0.25) is 0 Å². The number of likely N-dealkylation sites (tertiary alicyclic amines) is 1. The van der Waals surface area contributed by atoms with Gasteiger partial charge in [0.15, 0.2) is 0 Å². The Hall–Kier alpha value is -1.06. The molecule has 2 N–H and O–H groups in total. The van der Waals surface area contributed by atoms with Gasteiger partial charge in [-0.3, -0.25) is 4.90 Å². The molecule has 1 aromatic rings. The Kier molecular flexibility index (Phi) is 3.80. The van der Waals surface area contributed by atoms with Gasteiger partial charge >= 0.3 is 0 Å². The molecule has 0 amide bonds. The van der Waals surface area contributed by atoms with Crippen molar-refractivity contribution in [2.45, 2.75) is 25.4 Å². The van der Waals surface area contributed by atoms with Crippen LogP contribution in [0.4, 0.5) is 0 Å². The van der Waals surface area contributed by atoms with E-state index in [0.29, 0.717) is 6.04 Å². The van der Waals surface area contributed by atoms with Crippen LogP contribution in [-0.4, -0.2) is 31.1 Å². The standard InChI is InChI=1S/C13H20N2O/c1-16-13-7-3-2-5-11(13)9-15-8-4-6-12(14)10-15/h2-3,5,7,12H,4,6,8-10,14H2,1H3/t12-/m1/s1. The molecule has 1 heterocycles. The molecule has 3 heteroatoms. The average Bonchev–Trinajstić information content (AvgIpc) is 2.30. The van der Waals surface area contributed by atoms with Crippen molar-refractivity contribution in [2.24, 2.45) is 5.73 Å². The monoisotopic (exact) mass is 220 g/mol. The molecule has 3 nitrogen and oxygen atoms in total. The largest absolute Gasteiger partial charge is 0.496 e. The molecule has 16 heavy (non-hydrogen) atoms. The van der Waals surface area contributed by atoms with Gasteiger partial charge in [0.1, 0.15) is 5.75 Å². The van der Waals surface area contributed by atoms with Crippen LogP contribution < -0.4 is 10.5 Å². The molecule has 0 spiro atoms. The molecule has 1 atom stereocenters. The van der Waals surface area contributed by atoms with Crippen molar-refractivity contribution in [3.8, 4) is 5.75 Å². The fraction of sp³-hybridized carbons (Fsp3) is 0.538. The molecule has 88 valence electrons. The predicted molar refractivity (Wildman–Crippen MR) is 65.5 cm³/mol. The number of benzene rings is 1. The molecule has 2 rings (SSSR count). The van der Waals surface area contributed by atoms with Crippen LogP contribution in [0.25, 0.3) is 0 Å². The number of hydrogen-bond acceptors (Lipinski definition) is 3. The lowest BCUT2D eigenvalue weighted by molar-refractivity contribution is 0.199. The average molecular weight is 220 g/mol. The third-order valence-electron chi connectivity index (χ3n) is 3.13. The highest BCUT2D eigenvalue weighted by Gasteiger charge is 2.17. The van der Waals surface area contributed by atoms with Gasteiger partial charge in [0, 0.05) is 24.7 Å². The first-order valence-electron chi connectivity index (χ1n) is 5.89. The van der Waals surface area contributed by atoms with Gasteiger partial charge in [0.25, 0.3) is 0 Å². The van der Waals surface area contributed by atoms with Crippen LogP contribution >= 0.6 is 0 Å². The van der Waals surface area contributed by atoms with E-state index in [0.717, 1.165) is 31.8 Å². The fourth-order valence-corrected chi connectivity index (χ4v) is 2.31. The Labute approximate surface area is 97.2 Å². The quantitative estimate of drug-likeness (QED) is 0.841. The van der Waals surface area contributed by atoms with E-state index in [4.69, 9.17) is 10.5 Å². The van der Waals surface area contributed by atoms with Crippen molar-refractivity contribution >= 4 is 0 Å². The summed E-state index contributed by atoms with van der Waals surface area (Å²) in [6, 6.07) is 8.54. The molecule has 0 unspecified atom stereocenters. The second-order valence-corrected chi connectivity index (χ2v) is 4.45. The van der Waals surface area contributed by atoms with E-state index < -0.39 is 0 Å². The van der Waals surface area contributed by atoms with Gasteiger partial charge in [-0.1, -0.05) is 18.2 Å². The summed E-state index contributed by atoms with van der Waals surface area (Å²) in [4.78, 5) is 2.41. The molecule has 1 saturated heterocycles. The fourth-order valence-electron chi connectivity index (χ4n) is 2.31. The molecule has 0 radical (unpaired) electrons. The highest BCUT2D eigenvalue weighted by molar-refractivity contribution is 5.33. The number of nitrogens with zero attached hydrogens (tertiary/aromatic N) is 1. The van der Waals surface area contributed by atoms with Crippen LogP contribution in [0.1, 0.15) is 18.4 Å². The normalized spacial score (nSPS) is 22.0. The smallest absolute Gasteiger partial charge is 0.123 e. The molecule has 1 aromatic carbocycles. The highest BCUT2D eigenvalue weighted by atomic mass is 16.5. The Morgan fingerprint density at radius 2 is 2.25 bits per heavy atom. The maximum absolute atomic E-state index is 5.98. The zero-order valence-corrected chi connectivity index (χ0v) is 9.86. The zero-order chi connectivity index (χ0) is 11.4. The van der Waals surface area contributed by atoms with Gasteiger partial charge in [-0.05, 0) is 25.5 Å². The molecular formula is C13H20N2O. The van der Waals surface area contributed by atoms with E-state index in [2.05, 4.69) is 17.0 Å². The number of nitrogens with two attached hydrogens (primary N) is 1. The summed E-state index contributed by atoms with van der Waals surface area (Å²) in [5, 5.41) is 0. The maximum atomic E-state index is 5.98. The maximum Gasteiger partial charge on any atom is 0.123 e. The first-order chi connectivity index (χ1) is 7.79. The SMILES string of the molecule is COc1ccccc1CN1CCC[C@@H](N)C1. The van der Waals surface area contributed by atoms with Gasteiger partial charge in [0.2, 0.25) is 0 Å². The number of rotatable bonds is 3. The summed E-state index contributed by atoms with van der Waals surface area (Å²) in [5.41, 5.74) is 7.23.